The highest BCUT2D eigenvalue weighted by Gasteiger charge is 2.15. The highest BCUT2D eigenvalue weighted by molar-refractivity contribution is 5.78. The summed E-state index contributed by atoms with van der Waals surface area (Å²) in [5, 5.41) is 2.79. The van der Waals surface area contributed by atoms with E-state index < -0.39 is 0 Å². The number of nitrogens with zero attached hydrogens (tertiary/aromatic N) is 3. The molecule has 0 radical (unpaired) electrons. The number of nitrogens with one attached hydrogen (secondary N) is 1. The second-order valence-corrected chi connectivity index (χ2v) is 5.94. The second-order valence-electron chi connectivity index (χ2n) is 5.94. The predicted octanol–water partition coefficient (Wildman–Crippen LogP) is 1.62. The average Bonchev–Trinajstić information content (AvgIpc) is 2.62. The summed E-state index contributed by atoms with van der Waals surface area (Å²) in [6.45, 7) is 5.01. The molecule has 1 N–H and O–H groups in total. The van der Waals surface area contributed by atoms with Crippen LogP contribution in [0.3, 0.4) is 0 Å². The zero-order chi connectivity index (χ0) is 17.6. The van der Waals surface area contributed by atoms with Gasteiger partial charge in [-0.25, -0.2) is 14.4 Å². The number of carbonyl (C=O) groups excluding carboxylic acids is 1. The molecule has 0 aliphatic carbocycles. The molecule has 2 heterocycles. The Hall–Kier alpha value is -2.54. The lowest BCUT2D eigenvalue weighted by Crippen LogP contribution is -2.37. The summed E-state index contributed by atoms with van der Waals surface area (Å²) in [6.07, 6.45) is 0.00700. The summed E-state index contributed by atoms with van der Waals surface area (Å²) >= 11 is 0. The van der Waals surface area contributed by atoms with Crippen molar-refractivity contribution in [3.8, 4) is 0 Å². The van der Waals surface area contributed by atoms with Crippen LogP contribution in [0.15, 0.2) is 30.3 Å². The minimum Gasteiger partial charge on any atom is -0.378 e. The maximum atomic E-state index is 13.6. The molecule has 1 saturated heterocycles. The molecule has 132 valence electrons. The van der Waals surface area contributed by atoms with Gasteiger partial charge in [-0.3, -0.25) is 4.79 Å². The second kappa shape index (κ2) is 8.02. The molecule has 0 atom stereocenters. The standard InChI is InChI=1S/C18H21FN4O2/c1-13-10-15(22-18(21-13)23-6-8-25-9-7-23)12-20-17(24)11-14-4-2-3-5-16(14)19/h2-5,10H,6-9,11-12H2,1H3,(H,20,24). The largest absolute Gasteiger partial charge is 0.378 e. The summed E-state index contributed by atoms with van der Waals surface area (Å²) in [6, 6.07) is 8.13. The molecule has 0 spiro atoms. The van der Waals surface area contributed by atoms with Crippen LogP contribution in [0.5, 0.6) is 0 Å². The molecule has 1 fully saturated rings. The van der Waals surface area contributed by atoms with Crippen LogP contribution in [-0.4, -0.2) is 42.2 Å². The first-order valence-corrected chi connectivity index (χ1v) is 8.29. The summed E-state index contributed by atoms with van der Waals surface area (Å²) in [5.74, 6) is 0.0427. The predicted molar refractivity (Wildman–Crippen MR) is 91.8 cm³/mol. The van der Waals surface area contributed by atoms with Crippen molar-refractivity contribution in [3.63, 3.8) is 0 Å². The quantitative estimate of drug-likeness (QED) is 0.893. The van der Waals surface area contributed by atoms with Crippen molar-refractivity contribution < 1.29 is 13.9 Å². The molecule has 0 unspecified atom stereocenters. The number of hydrogen-bond acceptors (Lipinski definition) is 5. The number of halogens is 1. The molecular weight excluding hydrogens is 323 g/mol. The molecule has 25 heavy (non-hydrogen) atoms. The van der Waals surface area contributed by atoms with Gasteiger partial charge in [0.2, 0.25) is 11.9 Å². The molecular formula is C18H21FN4O2. The first kappa shape index (κ1) is 17.3. The maximum Gasteiger partial charge on any atom is 0.225 e. The van der Waals surface area contributed by atoms with Crippen molar-refractivity contribution in [3.05, 3.63) is 53.1 Å². The lowest BCUT2D eigenvalue weighted by atomic mass is 10.1. The van der Waals surface area contributed by atoms with Gasteiger partial charge in [0.05, 0.1) is 31.9 Å². The lowest BCUT2D eigenvalue weighted by molar-refractivity contribution is -0.120. The zero-order valence-electron chi connectivity index (χ0n) is 14.2. The Kier molecular flexibility index (Phi) is 5.55. The number of benzene rings is 1. The first-order chi connectivity index (χ1) is 12.1. The third kappa shape index (κ3) is 4.73. The Balaban J connectivity index is 1.61. The fraction of sp³-hybridized carbons (Fsp3) is 0.389. The number of amides is 1. The molecule has 1 aromatic heterocycles. The monoisotopic (exact) mass is 344 g/mol. The lowest BCUT2D eigenvalue weighted by Gasteiger charge is -2.27. The average molecular weight is 344 g/mol. The highest BCUT2D eigenvalue weighted by atomic mass is 19.1. The van der Waals surface area contributed by atoms with E-state index in [1.165, 1.54) is 6.07 Å². The van der Waals surface area contributed by atoms with Crippen molar-refractivity contribution in [2.75, 3.05) is 31.2 Å². The number of anilines is 1. The van der Waals surface area contributed by atoms with E-state index in [4.69, 9.17) is 4.74 Å². The number of aryl methyl sites for hydroxylation is 1. The van der Waals surface area contributed by atoms with Crippen LogP contribution in [0, 0.1) is 12.7 Å². The number of carbonyl (C=O) groups is 1. The van der Waals surface area contributed by atoms with Gasteiger partial charge in [0, 0.05) is 18.8 Å². The van der Waals surface area contributed by atoms with Crippen molar-refractivity contribution in [2.45, 2.75) is 19.9 Å². The summed E-state index contributed by atoms with van der Waals surface area (Å²) in [7, 11) is 0. The Labute approximate surface area is 146 Å². The Morgan fingerprint density at radius 1 is 1.28 bits per heavy atom. The zero-order valence-corrected chi connectivity index (χ0v) is 14.2. The number of morpholine rings is 1. The number of rotatable bonds is 5. The van der Waals surface area contributed by atoms with Crippen LogP contribution in [0.2, 0.25) is 0 Å². The SMILES string of the molecule is Cc1cc(CNC(=O)Cc2ccccc2F)nc(N2CCOCC2)n1. The number of hydrogen-bond donors (Lipinski definition) is 1. The van der Waals surface area contributed by atoms with Gasteiger partial charge < -0.3 is 15.0 Å². The third-order valence-corrected chi connectivity index (χ3v) is 3.96. The molecule has 2 aromatic rings. The van der Waals surface area contributed by atoms with Gasteiger partial charge in [-0.1, -0.05) is 18.2 Å². The smallest absolute Gasteiger partial charge is 0.225 e. The minimum atomic E-state index is -0.370. The van der Waals surface area contributed by atoms with Gasteiger partial charge in [-0.05, 0) is 24.6 Å². The normalized spacial score (nSPS) is 14.4. The molecule has 1 amide bonds. The molecule has 1 aromatic carbocycles. The van der Waals surface area contributed by atoms with Crippen LogP contribution >= 0.6 is 0 Å². The van der Waals surface area contributed by atoms with Crippen LogP contribution < -0.4 is 10.2 Å². The van der Waals surface area contributed by atoms with Gasteiger partial charge >= 0.3 is 0 Å². The Morgan fingerprint density at radius 2 is 2.04 bits per heavy atom. The van der Waals surface area contributed by atoms with Crippen LogP contribution in [0.25, 0.3) is 0 Å². The van der Waals surface area contributed by atoms with E-state index in [0.717, 1.165) is 24.5 Å². The van der Waals surface area contributed by atoms with Gasteiger partial charge in [0.15, 0.2) is 0 Å². The fourth-order valence-electron chi connectivity index (χ4n) is 2.68. The number of aromatic nitrogens is 2. The molecule has 0 saturated carbocycles. The van der Waals surface area contributed by atoms with E-state index in [9.17, 15) is 9.18 Å². The van der Waals surface area contributed by atoms with Crippen LogP contribution in [0.1, 0.15) is 17.0 Å². The summed E-state index contributed by atoms with van der Waals surface area (Å²) in [5.41, 5.74) is 1.96. The maximum absolute atomic E-state index is 13.6. The third-order valence-electron chi connectivity index (χ3n) is 3.96. The van der Waals surface area contributed by atoms with E-state index >= 15 is 0 Å². The van der Waals surface area contributed by atoms with E-state index in [1.54, 1.807) is 18.2 Å². The molecule has 3 rings (SSSR count). The van der Waals surface area contributed by atoms with Crippen molar-refractivity contribution in [2.24, 2.45) is 0 Å². The van der Waals surface area contributed by atoms with Gasteiger partial charge in [-0.15, -0.1) is 0 Å². The van der Waals surface area contributed by atoms with E-state index in [1.807, 2.05) is 13.0 Å². The molecule has 6 nitrogen and oxygen atoms in total. The van der Waals surface area contributed by atoms with Gasteiger partial charge in [-0.2, -0.15) is 0 Å². The molecule has 7 heteroatoms. The van der Waals surface area contributed by atoms with Gasteiger partial charge in [0.25, 0.3) is 0 Å². The molecule has 1 aliphatic rings. The van der Waals surface area contributed by atoms with Crippen molar-refractivity contribution in [1.82, 2.24) is 15.3 Å². The summed E-state index contributed by atoms with van der Waals surface area (Å²) in [4.78, 5) is 23.1. The van der Waals surface area contributed by atoms with E-state index in [2.05, 4.69) is 20.2 Å². The highest BCUT2D eigenvalue weighted by Crippen LogP contribution is 2.12. The van der Waals surface area contributed by atoms with Crippen LogP contribution in [-0.2, 0) is 22.5 Å². The van der Waals surface area contributed by atoms with Gasteiger partial charge in [0.1, 0.15) is 5.82 Å². The Morgan fingerprint density at radius 3 is 2.80 bits per heavy atom. The number of ether oxygens (including phenoxy) is 1. The first-order valence-electron chi connectivity index (χ1n) is 8.29. The molecule has 1 aliphatic heterocycles. The fourth-order valence-corrected chi connectivity index (χ4v) is 2.68. The van der Waals surface area contributed by atoms with E-state index in [0.29, 0.717) is 24.7 Å². The molecule has 0 bridgehead atoms. The minimum absolute atomic E-state index is 0.00700. The topological polar surface area (TPSA) is 67.4 Å². The Bertz CT molecular complexity index is 748. The summed E-state index contributed by atoms with van der Waals surface area (Å²) < 4.78 is 19.0. The van der Waals surface area contributed by atoms with Crippen molar-refractivity contribution >= 4 is 11.9 Å². The van der Waals surface area contributed by atoms with E-state index in [-0.39, 0.29) is 24.7 Å². The van der Waals surface area contributed by atoms with Crippen LogP contribution in [0.4, 0.5) is 10.3 Å². The van der Waals surface area contributed by atoms with Crippen molar-refractivity contribution in [1.29, 1.82) is 0 Å².